The highest BCUT2D eigenvalue weighted by Gasteiger charge is 2.25. The lowest BCUT2D eigenvalue weighted by molar-refractivity contribution is 0.296. The summed E-state index contributed by atoms with van der Waals surface area (Å²) >= 11 is 0. The van der Waals surface area contributed by atoms with Gasteiger partial charge in [0.05, 0.1) is 19.4 Å². The predicted octanol–water partition coefficient (Wildman–Crippen LogP) is 1.41. The van der Waals surface area contributed by atoms with Gasteiger partial charge in [-0.3, -0.25) is 0 Å². The zero-order valence-electron chi connectivity index (χ0n) is 10.8. The van der Waals surface area contributed by atoms with Crippen molar-refractivity contribution in [2.24, 2.45) is 0 Å². The van der Waals surface area contributed by atoms with Gasteiger partial charge in [0.2, 0.25) is 5.88 Å². The molecule has 1 aliphatic rings. The van der Waals surface area contributed by atoms with Gasteiger partial charge in [-0.15, -0.1) is 0 Å². The molecule has 1 fully saturated rings. The summed E-state index contributed by atoms with van der Waals surface area (Å²) in [4.78, 5) is 6.54. The Morgan fingerprint density at radius 3 is 2.78 bits per heavy atom. The summed E-state index contributed by atoms with van der Waals surface area (Å²) in [5, 5.41) is 9.23. The van der Waals surface area contributed by atoms with Crippen LogP contribution in [0.1, 0.15) is 25.7 Å². The van der Waals surface area contributed by atoms with Gasteiger partial charge >= 0.3 is 0 Å². The Labute approximate surface area is 108 Å². The van der Waals surface area contributed by atoms with Crippen molar-refractivity contribution in [2.45, 2.75) is 31.7 Å². The molecule has 0 unspecified atom stereocenters. The maximum Gasteiger partial charge on any atom is 0.215 e. The molecule has 0 saturated heterocycles. The SMILES string of the molecule is COc1ccc(N)c(N(CCO)C2CCCC2)n1. The van der Waals surface area contributed by atoms with Crippen molar-refractivity contribution in [3.8, 4) is 5.88 Å². The highest BCUT2D eigenvalue weighted by atomic mass is 16.5. The molecule has 1 saturated carbocycles. The normalized spacial score (nSPS) is 15.9. The van der Waals surface area contributed by atoms with E-state index < -0.39 is 0 Å². The zero-order chi connectivity index (χ0) is 13.0. The van der Waals surface area contributed by atoms with E-state index in [0.717, 1.165) is 18.7 Å². The third-order valence-corrected chi connectivity index (χ3v) is 3.47. The van der Waals surface area contributed by atoms with Crippen LogP contribution in [-0.2, 0) is 0 Å². The third-order valence-electron chi connectivity index (χ3n) is 3.47. The number of hydrogen-bond acceptors (Lipinski definition) is 5. The number of nitrogens with zero attached hydrogens (tertiary/aromatic N) is 2. The summed E-state index contributed by atoms with van der Waals surface area (Å²) in [6, 6.07) is 3.99. The molecule has 2 rings (SSSR count). The minimum atomic E-state index is 0.106. The largest absolute Gasteiger partial charge is 0.481 e. The third kappa shape index (κ3) is 2.67. The standard InChI is InChI=1S/C13H21N3O2/c1-18-12-7-6-11(14)13(15-12)16(8-9-17)10-4-2-3-5-10/h6-7,10,17H,2-5,8-9,14H2,1H3. The van der Waals surface area contributed by atoms with Crippen LogP contribution in [0.5, 0.6) is 5.88 Å². The van der Waals surface area contributed by atoms with Crippen LogP contribution in [0.25, 0.3) is 0 Å². The van der Waals surface area contributed by atoms with Crippen molar-refractivity contribution in [2.75, 3.05) is 30.9 Å². The number of rotatable bonds is 5. The van der Waals surface area contributed by atoms with Gasteiger partial charge in [-0.1, -0.05) is 12.8 Å². The second kappa shape index (κ2) is 5.91. The van der Waals surface area contributed by atoms with Crippen LogP contribution in [0, 0.1) is 0 Å². The number of nitrogen functional groups attached to an aromatic ring is 1. The Bertz CT molecular complexity index is 392. The van der Waals surface area contributed by atoms with Crippen LogP contribution in [0.15, 0.2) is 12.1 Å². The molecular formula is C13H21N3O2. The number of methoxy groups -OCH3 is 1. The van der Waals surface area contributed by atoms with E-state index in [1.807, 2.05) is 0 Å². The molecule has 3 N–H and O–H groups in total. The van der Waals surface area contributed by atoms with Crippen LogP contribution >= 0.6 is 0 Å². The Morgan fingerprint density at radius 2 is 2.17 bits per heavy atom. The van der Waals surface area contributed by atoms with E-state index in [0.29, 0.717) is 24.2 Å². The number of aliphatic hydroxyl groups excluding tert-OH is 1. The van der Waals surface area contributed by atoms with Crippen molar-refractivity contribution in [3.05, 3.63) is 12.1 Å². The number of aromatic nitrogens is 1. The van der Waals surface area contributed by atoms with Crippen LogP contribution in [0.3, 0.4) is 0 Å². The Balaban J connectivity index is 2.28. The first-order valence-corrected chi connectivity index (χ1v) is 6.44. The molecule has 0 aromatic carbocycles. The van der Waals surface area contributed by atoms with Crippen molar-refractivity contribution in [1.82, 2.24) is 4.98 Å². The highest BCUT2D eigenvalue weighted by Crippen LogP contribution is 2.31. The lowest BCUT2D eigenvalue weighted by Gasteiger charge is -2.30. The Hall–Kier alpha value is -1.49. The molecular weight excluding hydrogens is 230 g/mol. The van der Waals surface area contributed by atoms with Gasteiger partial charge < -0.3 is 20.5 Å². The van der Waals surface area contributed by atoms with Gasteiger partial charge in [-0.2, -0.15) is 4.98 Å². The zero-order valence-corrected chi connectivity index (χ0v) is 10.8. The highest BCUT2D eigenvalue weighted by molar-refractivity contribution is 5.64. The smallest absolute Gasteiger partial charge is 0.215 e. The maximum absolute atomic E-state index is 9.23. The first kappa shape index (κ1) is 13.0. The van der Waals surface area contributed by atoms with Gasteiger partial charge in [-0.05, 0) is 18.9 Å². The van der Waals surface area contributed by atoms with Crippen LogP contribution in [0.2, 0.25) is 0 Å². The molecule has 0 aliphatic heterocycles. The van der Waals surface area contributed by atoms with Crippen LogP contribution in [0.4, 0.5) is 11.5 Å². The van der Waals surface area contributed by atoms with E-state index in [2.05, 4.69) is 9.88 Å². The number of hydrogen-bond donors (Lipinski definition) is 2. The second-order valence-corrected chi connectivity index (χ2v) is 4.62. The van der Waals surface area contributed by atoms with Gasteiger partial charge in [0, 0.05) is 18.7 Å². The molecule has 5 nitrogen and oxygen atoms in total. The fraction of sp³-hybridized carbons (Fsp3) is 0.615. The molecule has 18 heavy (non-hydrogen) atoms. The lowest BCUT2D eigenvalue weighted by atomic mass is 10.2. The van der Waals surface area contributed by atoms with Crippen molar-refractivity contribution >= 4 is 11.5 Å². The van der Waals surface area contributed by atoms with Crippen molar-refractivity contribution < 1.29 is 9.84 Å². The molecule has 0 bridgehead atoms. The molecule has 0 spiro atoms. The lowest BCUT2D eigenvalue weighted by Crippen LogP contribution is -2.36. The minimum Gasteiger partial charge on any atom is -0.481 e. The molecule has 0 atom stereocenters. The van der Waals surface area contributed by atoms with Gasteiger partial charge in [0.1, 0.15) is 0 Å². The number of ether oxygens (including phenoxy) is 1. The van der Waals surface area contributed by atoms with E-state index in [1.165, 1.54) is 12.8 Å². The monoisotopic (exact) mass is 251 g/mol. The van der Waals surface area contributed by atoms with Gasteiger partial charge in [-0.25, -0.2) is 0 Å². The Kier molecular flexibility index (Phi) is 4.25. The summed E-state index contributed by atoms with van der Waals surface area (Å²) in [7, 11) is 1.59. The topological polar surface area (TPSA) is 71.6 Å². The first-order chi connectivity index (χ1) is 8.76. The van der Waals surface area contributed by atoms with Gasteiger partial charge in [0.25, 0.3) is 0 Å². The summed E-state index contributed by atoms with van der Waals surface area (Å²) in [5.41, 5.74) is 6.64. The van der Waals surface area contributed by atoms with Crippen LogP contribution in [-0.4, -0.2) is 36.4 Å². The summed E-state index contributed by atoms with van der Waals surface area (Å²) in [6.07, 6.45) is 4.74. The number of pyridine rings is 1. The van der Waals surface area contributed by atoms with E-state index in [4.69, 9.17) is 10.5 Å². The quantitative estimate of drug-likeness (QED) is 0.828. The van der Waals surface area contributed by atoms with Crippen molar-refractivity contribution in [3.63, 3.8) is 0 Å². The fourth-order valence-electron chi connectivity index (χ4n) is 2.57. The molecule has 5 heteroatoms. The average molecular weight is 251 g/mol. The molecule has 1 aromatic rings. The van der Waals surface area contributed by atoms with Crippen LogP contribution < -0.4 is 15.4 Å². The molecule has 100 valence electrons. The average Bonchev–Trinajstić information content (AvgIpc) is 2.91. The van der Waals surface area contributed by atoms with E-state index in [1.54, 1.807) is 19.2 Å². The Morgan fingerprint density at radius 1 is 1.44 bits per heavy atom. The predicted molar refractivity (Wildman–Crippen MR) is 71.9 cm³/mol. The number of aliphatic hydroxyl groups is 1. The number of anilines is 2. The molecule has 1 aliphatic carbocycles. The number of nitrogens with two attached hydrogens (primary N) is 1. The summed E-state index contributed by atoms with van der Waals surface area (Å²) < 4.78 is 5.14. The van der Waals surface area contributed by atoms with Gasteiger partial charge in [0.15, 0.2) is 5.82 Å². The first-order valence-electron chi connectivity index (χ1n) is 6.44. The van der Waals surface area contributed by atoms with E-state index in [9.17, 15) is 5.11 Å². The molecule has 1 aromatic heterocycles. The maximum atomic E-state index is 9.23. The summed E-state index contributed by atoms with van der Waals surface area (Å²) in [5.74, 6) is 1.29. The summed E-state index contributed by atoms with van der Waals surface area (Å²) in [6.45, 7) is 0.671. The van der Waals surface area contributed by atoms with E-state index in [-0.39, 0.29) is 6.61 Å². The second-order valence-electron chi connectivity index (χ2n) is 4.62. The fourth-order valence-corrected chi connectivity index (χ4v) is 2.57. The molecule has 1 heterocycles. The molecule has 0 radical (unpaired) electrons. The minimum absolute atomic E-state index is 0.106. The molecule has 0 amide bonds. The van der Waals surface area contributed by atoms with E-state index >= 15 is 0 Å². The van der Waals surface area contributed by atoms with Crippen molar-refractivity contribution in [1.29, 1.82) is 0 Å².